The van der Waals surface area contributed by atoms with Crippen LogP contribution in [0.15, 0.2) is 47.2 Å². The van der Waals surface area contributed by atoms with Crippen molar-refractivity contribution in [3.05, 3.63) is 42.8 Å². The molecule has 2 amide bonds. The molecule has 1 aliphatic carbocycles. The van der Waals surface area contributed by atoms with E-state index in [1.807, 2.05) is 24.3 Å². The number of carbonyl (C=O) groups is 1. The fraction of sp³-hybridized carbons (Fsp3) is 0.211. The Labute approximate surface area is 164 Å². The number of rotatable bonds is 5. The van der Waals surface area contributed by atoms with Crippen LogP contribution in [-0.2, 0) is 0 Å². The van der Waals surface area contributed by atoms with Gasteiger partial charge in [-0.05, 0) is 18.2 Å². The molecule has 1 saturated carbocycles. The quantitative estimate of drug-likeness (QED) is 0.412. The van der Waals surface area contributed by atoms with E-state index in [1.54, 1.807) is 23.9 Å². The van der Waals surface area contributed by atoms with Gasteiger partial charge >= 0.3 is 6.03 Å². The van der Waals surface area contributed by atoms with Gasteiger partial charge in [-0.2, -0.15) is 9.61 Å². The number of nitrogens with zero attached hydrogens (tertiary/aromatic N) is 3. The zero-order chi connectivity index (χ0) is 20.0. The van der Waals surface area contributed by atoms with Gasteiger partial charge in [0.2, 0.25) is 0 Å². The van der Waals surface area contributed by atoms with Gasteiger partial charge in [0.05, 0.1) is 24.2 Å². The summed E-state index contributed by atoms with van der Waals surface area (Å²) in [5.74, 6) is 1.24. The molecule has 29 heavy (non-hydrogen) atoms. The standard InChI is InChI=1S/C19H18FN7O2/c1-21-17-8-16(23-12-3-2-4-15-10(12)5-6-29-15)26-18-14(9-22-27(17)18)25-19(28)24-13-7-11(13)20/h2-6,8-9,11,13,21H,7H2,1H3,(H,23,26)(H2,24,25,28)/t11-,13+/m0/s1. The van der Waals surface area contributed by atoms with Crippen molar-refractivity contribution in [1.82, 2.24) is 19.9 Å². The molecule has 3 heterocycles. The van der Waals surface area contributed by atoms with E-state index in [-0.39, 0.29) is 0 Å². The molecule has 0 radical (unpaired) electrons. The summed E-state index contributed by atoms with van der Waals surface area (Å²) in [6.45, 7) is 0. The van der Waals surface area contributed by atoms with Crippen LogP contribution in [-0.4, -0.2) is 39.9 Å². The van der Waals surface area contributed by atoms with Gasteiger partial charge in [0, 0.05) is 24.9 Å². The van der Waals surface area contributed by atoms with E-state index in [1.165, 1.54) is 6.20 Å². The number of aromatic nitrogens is 3. The number of hydrogen-bond donors (Lipinski definition) is 4. The van der Waals surface area contributed by atoms with Gasteiger partial charge < -0.3 is 25.7 Å². The van der Waals surface area contributed by atoms with Gasteiger partial charge in [0.15, 0.2) is 5.65 Å². The van der Waals surface area contributed by atoms with Gasteiger partial charge in [-0.1, -0.05) is 6.07 Å². The summed E-state index contributed by atoms with van der Waals surface area (Å²) in [4.78, 5) is 16.7. The Morgan fingerprint density at radius 1 is 1.31 bits per heavy atom. The summed E-state index contributed by atoms with van der Waals surface area (Å²) in [6.07, 6.45) is 2.51. The summed E-state index contributed by atoms with van der Waals surface area (Å²) in [5.41, 5.74) is 2.46. The maximum absolute atomic E-state index is 13.0. The molecular weight excluding hydrogens is 377 g/mol. The predicted molar refractivity (Wildman–Crippen MR) is 107 cm³/mol. The average molecular weight is 395 g/mol. The smallest absolute Gasteiger partial charge is 0.319 e. The highest BCUT2D eigenvalue weighted by Crippen LogP contribution is 2.29. The minimum absolute atomic E-state index is 0.345. The molecule has 0 spiro atoms. The number of nitrogens with one attached hydrogen (secondary N) is 4. The van der Waals surface area contributed by atoms with Gasteiger partial charge in [-0.15, -0.1) is 0 Å². The van der Waals surface area contributed by atoms with Crippen LogP contribution in [0.2, 0.25) is 0 Å². The number of urea groups is 1. The largest absolute Gasteiger partial charge is 0.464 e. The van der Waals surface area contributed by atoms with Crippen LogP contribution >= 0.6 is 0 Å². The first-order valence-corrected chi connectivity index (χ1v) is 9.14. The molecule has 0 aliphatic heterocycles. The predicted octanol–water partition coefficient (Wildman–Crippen LogP) is 3.49. The number of amides is 2. The van der Waals surface area contributed by atoms with Crippen LogP contribution in [0.1, 0.15) is 6.42 Å². The van der Waals surface area contributed by atoms with Crippen molar-refractivity contribution < 1.29 is 13.6 Å². The van der Waals surface area contributed by atoms with E-state index in [0.29, 0.717) is 29.4 Å². The Hall–Kier alpha value is -3.82. The third-order valence-corrected chi connectivity index (χ3v) is 4.76. The Morgan fingerprint density at radius 2 is 2.17 bits per heavy atom. The lowest BCUT2D eigenvalue weighted by Crippen LogP contribution is -2.31. The second kappa shape index (κ2) is 6.66. The number of halogens is 1. The third-order valence-electron chi connectivity index (χ3n) is 4.76. The Bertz CT molecular complexity index is 1220. The highest BCUT2D eigenvalue weighted by Gasteiger charge is 2.38. The normalized spacial score (nSPS) is 18.0. The maximum atomic E-state index is 13.0. The number of hydrogen-bond acceptors (Lipinski definition) is 6. The molecule has 148 valence electrons. The summed E-state index contributed by atoms with van der Waals surface area (Å²) >= 11 is 0. The lowest BCUT2D eigenvalue weighted by molar-refractivity contribution is 0.250. The average Bonchev–Trinajstić information content (AvgIpc) is 3.10. The number of carbonyl (C=O) groups excluding carboxylic acids is 1. The Kier molecular flexibility index (Phi) is 3.97. The molecule has 0 saturated heterocycles. The zero-order valence-corrected chi connectivity index (χ0v) is 15.4. The van der Waals surface area contributed by atoms with Crippen molar-refractivity contribution in [2.45, 2.75) is 18.6 Å². The molecule has 1 aromatic carbocycles. The van der Waals surface area contributed by atoms with E-state index in [0.717, 1.165) is 16.7 Å². The van der Waals surface area contributed by atoms with Gasteiger partial charge in [0.1, 0.15) is 29.1 Å². The molecule has 0 bridgehead atoms. The van der Waals surface area contributed by atoms with Gasteiger partial charge in [-0.25, -0.2) is 14.2 Å². The molecular formula is C19H18FN7O2. The molecule has 1 fully saturated rings. The van der Waals surface area contributed by atoms with Gasteiger partial charge in [0.25, 0.3) is 0 Å². The first kappa shape index (κ1) is 17.3. The second-order valence-corrected chi connectivity index (χ2v) is 6.79. The van der Waals surface area contributed by atoms with Gasteiger partial charge in [-0.3, -0.25) is 0 Å². The Balaban J connectivity index is 1.48. The van der Waals surface area contributed by atoms with Crippen LogP contribution < -0.4 is 21.3 Å². The lowest BCUT2D eigenvalue weighted by atomic mass is 10.2. The third kappa shape index (κ3) is 3.18. The van der Waals surface area contributed by atoms with Crippen molar-refractivity contribution in [3.63, 3.8) is 0 Å². The number of anilines is 4. The lowest BCUT2D eigenvalue weighted by Gasteiger charge is -2.11. The molecule has 10 heteroatoms. The number of alkyl halides is 1. The van der Waals surface area contributed by atoms with Crippen molar-refractivity contribution in [2.24, 2.45) is 0 Å². The summed E-state index contributed by atoms with van der Waals surface area (Å²) in [7, 11) is 1.77. The fourth-order valence-corrected chi connectivity index (χ4v) is 3.17. The van der Waals surface area contributed by atoms with E-state index in [2.05, 4.69) is 31.3 Å². The number of fused-ring (bicyclic) bond motifs is 2. The van der Waals surface area contributed by atoms with Crippen LogP contribution in [0, 0.1) is 0 Å². The first-order chi connectivity index (χ1) is 14.1. The number of benzene rings is 1. The minimum Gasteiger partial charge on any atom is -0.464 e. The molecule has 4 N–H and O–H groups in total. The van der Waals surface area contributed by atoms with E-state index in [9.17, 15) is 9.18 Å². The minimum atomic E-state index is -0.972. The van der Waals surface area contributed by atoms with Crippen molar-refractivity contribution in [3.8, 4) is 0 Å². The first-order valence-electron chi connectivity index (χ1n) is 9.14. The van der Waals surface area contributed by atoms with Crippen LogP contribution in [0.3, 0.4) is 0 Å². The number of furan rings is 1. The summed E-state index contributed by atoms with van der Waals surface area (Å²) in [6, 6.07) is 8.47. The van der Waals surface area contributed by atoms with Crippen LogP contribution in [0.4, 0.5) is 32.2 Å². The van der Waals surface area contributed by atoms with Crippen LogP contribution in [0.5, 0.6) is 0 Å². The topological polar surface area (TPSA) is 109 Å². The van der Waals surface area contributed by atoms with Crippen molar-refractivity contribution >= 4 is 45.7 Å². The molecule has 4 aromatic rings. The molecule has 3 aromatic heterocycles. The highest BCUT2D eigenvalue weighted by molar-refractivity contribution is 5.95. The fourth-order valence-electron chi connectivity index (χ4n) is 3.17. The van der Waals surface area contributed by atoms with E-state index in [4.69, 9.17) is 4.42 Å². The van der Waals surface area contributed by atoms with Crippen molar-refractivity contribution in [1.29, 1.82) is 0 Å². The molecule has 9 nitrogen and oxygen atoms in total. The van der Waals surface area contributed by atoms with E-state index >= 15 is 0 Å². The SMILES string of the molecule is CNc1cc(Nc2cccc3occc23)nc2c(NC(=O)N[C@@H]3C[C@@H]3F)cnn12. The second-order valence-electron chi connectivity index (χ2n) is 6.79. The summed E-state index contributed by atoms with van der Waals surface area (Å²) in [5, 5.41) is 16.8. The van der Waals surface area contributed by atoms with Crippen LogP contribution in [0.25, 0.3) is 16.6 Å². The molecule has 5 rings (SSSR count). The monoisotopic (exact) mass is 395 g/mol. The summed E-state index contributed by atoms with van der Waals surface area (Å²) < 4.78 is 20.0. The molecule has 2 atom stereocenters. The highest BCUT2D eigenvalue weighted by atomic mass is 19.1. The molecule has 1 aliphatic rings. The van der Waals surface area contributed by atoms with Crippen molar-refractivity contribution in [2.75, 3.05) is 23.0 Å². The maximum Gasteiger partial charge on any atom is 0.319 e. The molecule has 0 unspecified atom stereocenters. The zero-order valence-electron chi connectivity index (χ0n) is 15.4. The Morgan fingerprint density at radius 3 is 2.97 bits per heavy atom. The van der Waals surface area contributed by atoms with E-state index < -0.39 is 18.2 Å².